The minimum absolute atomic E-state index is 0. The topological polar surface area (TPSA) is 67.3 Å². The molecule has 4 rings (SSSR count). The summed E-state index contributed by atoms with van der Waals surface area (Å²) in [5, 5.41) is 9.47. The molecule has 1 N–H and O–H groups in total. The van der Waals surface area contributed by atoms with E-state index < -0.39 is 6.10 Å². The second-order valence-corrected chi connectivity index (χ2v) is 9.91. The molecule has 3 heterocycles. The predicted molar refractivity (Wildman–Crippen MR) is 123 cm³/mol. The number of piperidine rings is 2. The van der Waals surface area contributed by atoms with Crippen molar-refractivity contribution < 1.29 is 20.5 Å². The van der Waals surface area contributed by atoms with Gasteiger partial charge in [0.15, 0.2) is 0 Å². The zero-order valence-corrected chi connectivity index (χ0v) is 19.4. The van der Waals surface area contributed by atoms with Gasteiger partial charge in [-0.15, -0.1) is 0 Å². The first kappa shape index (κ1) is 23.0. The number of hydrogen-bond acceptors (Lipinski definition) is 4. The summed E-state index contributed by atoms with van der Waals surface area (Å²) in [6.45, 7) is 5.53. The number of aliphatic hydroxyl groups is 1. The molecular weight excluding hydrogens is 411 g/mol. The Labute approximate surface area is 191 Å². The highest BCUT2D eigenvalue weighted by Crippen LogP contribution is 2.48. The monoisotopic (exact) mass is 448 g/mol. The SMILES string of the molecule is C[C@@H](O)CC(=O)N1CCC(N2CCC3(CC2)CN(C(=O)N(C)C)c2ccc(F)cc23)CC1.[HH]. The molecule has 0 bridgehead atoms. The molecule has 1 atom stereocenters. The lowest BCUT2D eigenvalue weighted by Crippen LogP contribution is -2.53. The van der Waals surface area contributed by atoms with E-state index in [1.807, 2.05) is 4.90 Å². The smallest absolute Gasteiger partial charge is 0.323 e. The van der Waals surface area contributed by atoms with Crippen LogP contribution in [0.2, 0.25) is 0 Å². The van der Waals surface area contributed by atoms with Crippen molar-refractivity contribution in [2.45, 2.75) is 56.6 Å². The molecule has 1 spiro atoms. The number of hydrogen-bond donors (Lipinski definition) is 1. The fourth-order valence-corrected chi connectivity index (χ4v) is 5.66. The van der Waals surface area contributed by atoms with Crippen LogP contribution in [0.3, 0.4) is 0 Å². The third kappa shape index (κ3) is 4.35. The molecule has 7 nitrogen and oxygen atoms in total. The summed E-state index contributed by atoms with van der Waals surface area (Å²) in [6, 6.07) is 5.19. The Balaban J connectivity index is 0.00000306. The highest BCUT2D eigenvalue weighted by molar-refractivity contribution is 5.95. The van der Waals surface area contributed by atoms with E-state index in [0.29, 0.717) is 12.6 Å². The largest absolute Gasteiger partial charge is 0.393 e. The van der Waals surface area contributed by atoms with Crippen LogP contribution in [0.15, 0.2) is 18.2 Å². The number of nitrogens with zero attached hydrogens (tertiary/aromatic N) is 4. The first-order valence-corrected chi connectivity index (χ1v) is 11.7. The Morgan fingerprint density at radius 2 is 1.88 bits per heavy atom. The molecule has 1 aromatic carbocycles. The molecule has 2 saturated heterocycles. The zero-order chi connectivity index (χ0) is 23.0. The number of rotatable bonds is 3. The summed E-state index contributed by atoms with van der Waals surface area (Å²) in [5.41, 5.74) is 1.60. The van der Waals surface area contributed by atoms with E-state index in [9.17, 15) is 19.1 Å². The molecule has 178 valence electrons. The molecule has 3 aliphatic heterocycles. The Morgan fingerprint density at radius 3 is 2.47 bits per heavy atom. The molecule has 2 fully saturated rings. The van der Waals surface area contributed by atoms with Crippen molar-refractivity contribution in [1.29, 1.82) is 0 Å². The van der Waals surface area contributed by atoms with Gasteiger partial charge in [-0.3, -0.25) is 9.69 Å². The van der Waals surface area contributed by atoms with Crippen molar-refractivity contribution in [1.82, 2.24) is 14.7 Å². The van der Waals surface area contributed by atoms with Gasteiger partial charge < -0.3 is 19.8 Å². The number of carbonyl (C=O) groups excluding carboxylic acids is 2. The third-order valence-corrected chi connectivity index (χ3v) is 7.45. The Hall–Kier alpha value is -2.19. The quantitative estimate of drug-likeness (QED) is 0.772. The van der Waals surface area contributed by atoms with Crippen LogP contribution in [-0.2, 0) is 10.2 Å². The van der Waals surface area contributed by atoms with Gasteiger partial charge in [0.2, 0.25) is 5.91 Å². The van der Waals surface area contributed by atoms with Crippen LogP contribution in [0.1, 0.15) is 46.0 Å². The maximum atomic E-state index is 14.2. The van der Waals surface area contributed by atoms with E-state index in [4.69, 9.17) is 0 Å². The normalized spacial score (nSPS) is 22.2. The van der Waals surface area contributed by atoms with Crippen LogP contribution in [0, 0.1) is 5.82 Å². The summed E-state index contributed by atoms with van der Waals surface area (Å²) in [7, 11) is 3.49. The lowest BCUT2D eigenvalue weighted by molar-refractivity contribution is -0.134. The van der Waals surface area contributed by atoms with Crippen molar-refractivity contribution in [3.63, 3.8) is 0 Å². The first-order valence-electron chi connectivity index (χ1n) is 11.7. The van der Waals surface area contributed by atoms with Gasteiger partial charge in [0.1, 0.15) is 5.82 Å². The molecule has 32 heavy (non-hydrogen) atoms. The van der Waals surface area contributed by atoms with Crippen LogP contribution in [0.25, 0.3) is 0 Å². The van der Waals surface area contributed by atoms with Crippen LogP contribution in [-0.4, -0.2) is 90.7 Å². The van der Waals surface area contributed by atoms with E-state index in [1.54, 1.807) is 43.0 Å². The van der Waals surface area contributed by atoms with Crippen LogP contribution < -0.4 is 4.90 Å². The highest BCUT2D eigenvalue weighted by Gasteiger charge is 2.47. The first-order chi connectivity index (χ1) is 15.2. The number of carbonyl (C=O) groups is 2. The molecule has 8 heteroatoms. The van der Waals surface area contributed by atoms with Gasteiger partial charge in [-0.2, -0.15) is 0 Å². The van der Waals surface area contributed by atoms with Crippen LogP contribution >= 0.6 is 0 Å². The Morgan fingerprint density at radius 1 is 1.22 bits per heavy atom. The highest BCUT2D eigenvalue weighted by atomic mass is 19.1. The lowest BCUT2D eigenvalue weighted by Gasteiger charge is -2.45. The second-order valence-electron chi connectivity index (χ2n) is 9.91. The van der Waals surface area contributed by atoms with Crippen molar-refractivity contribution in [3.05, 3.63) is 29.6 Å². The number of aliphatic hydroxyl groups excluding tert-OH is 1. The minimum atomic E-state index is -0.600. The molecule has 0 unspecified atom stereocenters. The number of urea groups is 1. The van der Waals surface area contributed by atoms with E-state index in [2.05, 4.69) is 4.90 Å². The van der Waals surface area contributed by atoms with Crippen molar-refractivity contribution in [3.8, 4) is 0 Å². The molecule has 3 aliphatic rings. The van der Waals surface area contributed by atoms with Gasteiger partial charge in [-0.25, -0.2) is 9.18 Å². The maximum absolute atomic E-state index is 14.2. The fourth-order valence-electron chi connectivity index (χ4n) is 5.66. The second kappa shape index (κ2) is 8.98. The maximum Gasteiger partial charge on any atom is 0.323 e. The number of anilines is 1. The van der Waals surface area contributed by atoms with Gasteiger partial charge in [-0.05, 0) is 69.5 Å². The summed E-state index contributed by atoms with van der Waals surface area (Å²) in [6.07, 6.45) is 3.25. The van der Waals surface area contributed by atoms with Crippen molar-refractivity contribution in [2.24, 2.45) is 0 Å². The lowest BCUT2D eigenvalue weighted by atomic mass is 9.74. The number of amides is 3. The molecule has 3 amide bonds. The minimum Gasteiger partial charge on any atom is -0.393 e. The Kier molecular flexibility index (Phi) is 6.45. The van der Waals surface area contributed by atoms with Gasteiger partial charge >= 0.3 is 6.03 Å². The number of halogens is 1. The van der Waals surface area contributed by atoms with E-state index >= 15 is 0 Å². The summed E-state index contributed by atoms with van der Waals surface area (Å²) < 4.78 is 14.2. The molecule has 0 aliphatic carbocycles. The molecular formula is C24H37FN4O3. The van der Waals surface area contributed by atoms with Gasteiger partial charge in [0, 0.05) is 52.3 Å². The average Bonchev–Trinajstić information content (AvgIpc) is 3.06. The summed E-state index contributed by atoms with van der Waals surface area (Å²) >= 11 is 0. The molecule has 0 aromatic heterocycles. The van der Waals surface area contributed by atoms with E-state index in [0.717, 1.165) is 63.1 Å². The summed E-state index contributed by atoms with van der Waals surface area (Å²) in [4.78, 5) is 32.8. The van der Waals surface area contributed by atoms with Crippen molar-refractivity contribution >= 4 is 17.6 Å². The van der Waals surface area contributed by atoms with E-state index in [1.165, 1.54) is 6.07 Å². The summed E-state index contributed by atoms with van der Waals surface area (Å²) in [5.74, 6) is -0.217. The standard InChI is InChI=1S/C24H35FN4O3.H2/c1-17(30)14-22(31)28-10-6-19(7-11-28)27-12-8-24(9-13-27)16-29(23(32)26(2)3)21-5-4-18(25)15-20(21)24;/h4-5,15,17,19,30H,6-14,16H2,1-3H3;1H/t17-;/m1./s1. The van der Waals surface area contributed by atoms with Gasteiger partial charge in [0.05, 0.1) is 12.5 Å². The molecule has 1 aromatic rings. The van der Waals surface area contributed by atoms with Crippen LogP contribution in [0.4, 0.5) is 14.9 Å². The van der Waals surface area contributed by atoms with Gasteiger partial charge in [-0.1, -0.05) is 0 Å². The number of likely N-dealkylation sites (tertiary alicyclic amines) is 2. The number of fused-ring (bicyclic) bond motifs is 2. The Bertz CT molecular complexity index is 865. The fraction of sp³-hybridized carbons (Fsp3) is 0.667. The van der Waals surface area contributed by atoms with E-state index in [-0.39, 0.29) is 31.0 Å². The van der Waals surface area contributed by atoms with Gasteiger partial charge in [0.25, 0.3) is 0 Å². The number of benzene rings is 1. The predicted octanol–water partition coefficient (Wildman–Crippen LogP) is 2.67. The van der Waals surface area contributed by atoms with Crippen LogP contribution in [0.5, 0.6) is 0 Å². The average molecular weight is 449 g/mol. The third-order valence-electron chi connectivity index (χ3n) is 7.45. The molecule has 0 radical (unpaired) electrons. The molecule has 0 saturated carbocycles. The van der Waals surface area contributed by atoms with Crippen molar-refractivity contribution in [2.75, 3.05) is 51.7 Å². The zero-order valence-electron chi connectivity index (χ0n) is 19.4.